The van der Waals surface area contributed by atoms with Crippen molar-refractivity contribution in [3.8, 4) is 0 Å². The molecule has 0 saturated carbocycles. The number of aromatic nitrogens is 1. The Bertz CT molecular complexity index is 668. The van der Waals surface area contributed by atoms with E-state index in [-0.39, 0.29) is 5.91 Å². The highest BCUT2D eigenvalue weighted by molar-refractivity contribution is 5.99. The summed E-state index contributed by atoms with van der Waals surface area (Å²) in [5.41, 5.74) is 6.59. The van der Waals surface area contributed by atoms with Gasteiger partial charge < -0.3 is 5.32 Å². The van der Waals surface area contributed by atoms with Gasteiger partial charge in [0.15, 0.2) is 0 Å². The maximum absolute atomic E-state index is 11.8. The molecule has 1 aromatic heterocycles. The highest BCUT2D eigenvalue weighted by Gasteiger charge is 2.01. The summed E-state index contributed by atoms with van der Waals surface area (Å²) in [6.45, 7) is 4.67. The van der Waals surface area contributed by atoms with E-state index in [9.17, 15) is 4.79 Å². The summed E-state index contributed by atoms with van der Waals surface area (Å²) in [6, 6.07) is 11.9. The van der Waals surface area contributed by atoms with Gasteiger partial charge in [0.25, 0.3) is 0 Å². The molecule has 1 heterocycles. The lowest BCUT2D eigenvalue weighted by Gasteiger charge is -2.07. The van der Waals surface area contributed by atoms with E-state index in [1.165, 1.54) is 5.56 Å². The first kappa shape index (κ1) is 16.7. The van der Waals surface area contributed by atoms with Crippen molar-refractivity contribution in [3.05, 3.63) is 59.9 Å². The van der Waals surface area contributed by atoms with Crippen molar-refractivity contribution in [2.24, 2.45) is 5.10 Å². The van der Waals surface area contributed by atoms with E-state index in [1.54, 1.807) is 12.4 Å². The Morgan fingerprint density at radius 2 is 2.00 bits per heavy atom. The molecule has 0 fully saturated rings. The lowest BCUT2D eigenvalue weighted by molar-refractivity contribution is -0.121. The summed E-state index contributed by atoms with van der Waals surface area (Å²) in [4.78, 5) is 15.7. The van der Waals surface area contributed by atoms with Crippen molar-refractivity contribution in [1.82, 2.24) is 10.4 Å². The van der Waals surface area contributed by atoms with Crippen LogP contribution in [0.3, 0.4) is 0 Å². The molecule has 0 aliphatic carbocycles. The fourth-order valence-electron chi connectivity index (χ4n) is 2.10. The van der Waals surface area contributed by atoms with Gasteiger partial charge in [-0.3, -0.25) is 9.78 Å². The number of amides is 1. The topological polar surface area (TPSA) is 66.4 Å². The zero-order valence-corrected chi connectivity index (χ0v) is 13.5. The molecule has 120 valence electrons. The van der Waals surface area contributed by atoms with Gasteiger partial charge in [0.05, 0.1) is 5.71 Å². The number of rotatable bonds is 7. The second kappa shape index (κ2) is 8.68. The number of hydrazone groups is 1. The first-order chi connectivity index (χ1) is 11.1. The normalized spacial score (nSPS) is 11.1. The van der Waals surface area contributed by atoms with Crippen LogP contribution in [0.1, 0.15) is 30.9 Å². The van der Waals surface area contributed by atoms with Crippen LogP contribution >= 0.6 is 0 Å². The van der Waals surface area contributed by atoms with Crippen molar-refractivity contribution in [2.75, 3.05) is 11.9 Å². The zero-order valence-electron chi connectivity index (χ0n) is 13.5. The number of nitrogens with zero attached hydrogens (tertiary/aromatic N) is 2. The van der Waals surface area contributed by atoms with E-state index in [0.717, 1.165) is 29.9 Å². The van der Waals surface area contributed by atoms with E-state index in [0.29, 0.717) is 6.42 Å². The summed E-state index contributed by atoms with van der Waals surface area (Å²) >= 11 is 0. The molecule has 1 amide bonds. The number of pyridine rings is 1. The molecule has 0 radical (unpaired) electrons. The predicted molar refractivity (Wildman–Crippen MR) is 93.5 cm³/mol. The van der Waals surface area contributed by atoms with Gasteiger partial charge in [0, 0.05) is 36.6 Å². The first-order valence-electron chi connectivity index (χ1n) is 7.69. The summed E-state index contributed by atoms with van der Waals surface area (Å²) < 4.78 is 0. The molecular formula is C18H22N4O. The fraction of sp³-hybridized carbons (Fsp3) is 0.278. The number of benzene rings is 1. The molecule has 2 N–H and O–H groups in total. The third-order valence-corrected chi connectivity index (χ3v) is 3.37. The molecule has 0 aliphatic rings. The van der Waals surface area contributed by atoms with Gasteiger partial charge in [-0.2, -0.15) is 5.10 Å². The van der Waals surface area contributed by atoms with E-state index in [4.69, 9.17) is 0 Å². The Kier molecular flexibility index (Phi) is 6.29. The van der Waals surface area contributed by atoms with Crippen molar-refractivity contribution >= 4 is 17.3 Å². The quantitative estimate of drug-likeness (QED) is 0.469. The molecule has 0 aliphatic heterocycles. The van der Waals surface area contributed by atoms with Gasteiger partial charge in [-0.25, -0.2) is 5.43 Å². The largest absolute Gasteiger partial charge is 0.385 e. The molecule has 23 heavy (non-hydrogen) atoms. The predicted octanol–water partition coefficient (Wildman–Crippen LogP) is 3.12. The summed E-state index contributed by atoms with van der Waals surface area (Å²) in [7, 11) is 0. The molecule has 2 aromatic rings. The average molecular weight is 310 g/mol. The Morgan fingerprint density at radius 1 is 1.22 bits per heavy atom. The lowest BCUT2D eigenvalue weighted by Crippen LogP contribution is -2.20. The zero-order chi connectivity index (χ0) is 16.5. The standard InChI is InChI=1S/C18H22N4O/c1-14-5-3-6-17(13-14)20-10-4-7-18(23)22-21-15(2)16-8-11-19-12-9-16/h3,5-6,8-9,11-13,20H,4,7,10H2,1-2H3,(H,22,23)/b21-15-. The van der Waals surface area contributed by atoms with Gasteiger partial charge in [-0.15, -0.1) is 0 Å². The van der Waals surface area contributed by atoms with Crippen LogP contribution in [0.5, 0.6) is 0 Å². The summed E-state index contributed by atoms with van der Waals surface area (Å²) in [5.74, 6) is -0.0792. The van der Waals surface area contributed by atoms with Crippen molar-refractivity contribution in [2.45, 2.75) is 26.7 Å². The number of nitrogens with one attached hydrogen (secondary N) is 2. The van der Waals surface area contributed by atoms with Gasteiger partial charge in [0.1, 0.15) is 0 Å². The van der Waals surface area contributed by atoms with E-state index in [2.05, 4.69) is 39.9 Å². The smallest absolute Gasteiger partial charge is 0.240 e. The highest BCUT2D eigenvalue weighted by atomic mass is 16.2. The maximum Gasteiger partial charge on any atom is 0.240 e. The van der Waals surface area contributed by atoms with Crippen LogP contribution in [0, 0.1) is 6.92 Å². The number of carbonyl (C=O) groups is 1. The number of carbonyl (C=O) groups excluding carboxylic acids is 1. The fourth-order valence-corrected chi connectivity index (χ4v) is 2.10. The van der Waals surface area contributed by atoms with Gasteiger partial charge in [0.2, 0.25) is 5.91 Å². The molecule has 0 bridgehead atoms. The minimum absolute atomic E-state index is 0.0792. The molecule has 1 aromatic carbocycles. The molecular weight excluding hydrogens is 288 g/mol. The third kappa shape index (κ3) is 5.90. The van der Waals surface area contributed by atoms with E-state index >= 15 is 0 Å². The molecule has 0 saturated heterocycles. The van der Waals surface area contributed by atoms with Crippen LogP contribution in [-0.4, -0.2) is 23.1 Å². The molecule has 0 atom stereocenters. The van der Waals surface area contributed by atoms with Gasteiger partial charge >= 0.3 is 0 Å². The highest BCUT2D eigenvalue weighted by Crippen LogP contribution is 2.09. The summed E-state index contributed by atoms with van der Waals surface area (Å²) in [5, 5.41) is 7.42. The van der Waals surface area contributed by atoms with E-state index < -0.39 is 0 Å². The van der Waals surface area contributed by atoms with Crippen LogP contribution < -0.4 is 10.7 Å². The monoisotopic (exact) mass is 310 g/mol. The molecule has 2 rings (SSSR count). The number of aryl methyl sites for hydroxylation is 1. The van der Waals surface area contributed by atoms with Crippen LogP contribution in [0.4, 0.5) is 5.69 Å². The van der Waals surface area contributed by atoms with Crippen LogP contribution in [0.25, 0.3) is 0 Å². The Labute approximate surface area is 136 Å². The number of anilines is 1. The lowest BCUT2D eigenvalue weighted by atomic mass is 10.2. The second-order valence-electron chi connectivity index (χ2n) is 5.37. The summed E-state index contributed by atoms with van der Waals surface area (Å²) in [6.07, 6.45) is 4.59. The first-order valence-corrected chi connectivity index (χ1v) is 7.69. The van der Waals surface area contributed by atoms with Crippen molar-refractivity contribution < 1.29 is 4.79 Å². The molecule has 5 heteroatoms. The minimum Gasteiger partial charge on any atom is -0.385 e. The number of hydrogen-bond acceptors (Lipinski definition) is 4. The Balaban J connectivity index is 1.69. The Morgan fingerprint density at radius 3 is 2.74 bits per heavy atom. The van der Waals surface area contributed by atoms with Crippen LogP contribution in [0.2, 0.25) is 0 Å². The third-order valence-electron chi connectivity index (χ3n) is 3.37. The second-order valence-corrected chi connectivity index (χ2v) is 5.37. The Hall–Kier alpha value is -2.69. The SMILES string of the molecule is C/C(=N/NC(=O)CCCNc1cccc(C)c1)c1ccncc1. The van der Waals surface area contributed by atoms with Crippen LogP contribution in [0.15, 0.2) is 53.9 Å². The minimum atomic E-state index is -0.0792. The van der Waals surface area contributed by atoms with Gasteiger partial charge in [-0.1, -0.05) is 12.1 Å². The van der Waals surface area contributed by atoms with E-state index in [1.807, 2.05) is 31.2 Å². The van der Waals surface area contributed by atoms with Crippen LogP contribution in [-0.2, 0) is 4.79 Å². The van der Waals surface area contributed by atoms with Gasteiger partial charge in [-0.05, 0) is 50.1 Å². The number of hydrogen-bond donors (Lipinski definition) is 2. The maximum atomic E-state index is 11.8. The molecule has 0 unspecified atom stereocenters. The molecule has 5 nitrogen and oxygen atoms in total. The van der Waals surface area contributed by atoms with Crippen molar-refractivity contribution in [1.29, 1.82) is 0 Å². The molecule has 0 spiro atoms. The van der Waals surface area contributed by atoms with Crippen molar-refractivity contribution in [3.63, 3.8) is 0 Å². The average Bonchev–Trinajstić information content (AvgIpc) is 2.57.